The Hall–Kier alpha value is -2.82. The van der Waals surface area contributed by atoms with E-state index >= 15 is 0 Å². The topological polar surface area (TPSA) is 88.1 Å². The Morgan fingerprint density at radius 1 is 1.34 bits per heavy atom. The van der Waals surface area contributed by atoms with Crippen LogP contribution in [-0.4, -0.2) is 45.8 Å². The average molecular weight is 432 g/mol. The molecule has 11 heteroatoms. The number of carbonyl (C=O) groups is 2. The molecule has 1 aliphatic heterocycles. The lowest BCUT2D eigenvalue weighted by Gasteiger charge is -2.30. The van der Waals surface area contributed by atoms with Gasteiger partial charge in [-0.05, 0) is 32.9 Å². The van der Waals surface area contributed by atoms with Crippen LogP contribution in [0.1, 0.15) is 27.2 Å². The SMILES string of the molecule is CC(C)(C)OC(=O)N1CCC(O)=C(C(=S)Nc2cccc(F)c2OC(F)F)C1=O. The van der Waals surface area contributed by atoms with Gasteiger partial charge in [0.1, 0.15) is 21.9 Å². The van der Waals surface area contributed by atoms with Crippen molar-refractivity contribution in [3.8, 4) is 5.75 Å². The fraction of sp³-hybridized carbons (Fsp3) is 0.389. The highest BCUT2D eigenvalue weighted by Gasteiger charge is 2.36. The quantitative estimate of drug-likeness (QED) is 0.691. The number of aliphatic hydroxyl groups is 1. The second-order valence-electron chi connectivity index (χ2n) is 6.96. The van der Waals surface area contributed by atoms with E-state index in [1.165, 1.54) is 12.1 Å². The summed E-state index contributed by atoms with van der Waals surface area (Å²) in [5.41, 5.74) is -1.56. The van der Waals surface area contributed by atoms with Crippen LogP contribution < -0.4 is 10.1 Å². The third-order valence-corrected chi connectivity index (χ3v) is 3.89. The van der Waals surface area contributed by atoms with E-state index < -0.39 is 52.1 Å². The fourth-order valence-electron chi connectivity index (χ4n) is 2.42. The van der Waals surface area contributed by atoms with Gasteiger partial charge in [0.05, 0.1) is 5.69 Å². The minimum atomic E-state index is -3.30. The molecular formula is C18H19F3N2O5S. The molecule has 0 aliphatic carbocycles. The summed E-state index contributed by atoms with van der Waals surface area (Å²) in [6.45, 7) is 1.43. The first-order valence-corrected chi connectivity index (χ1v) is 8.83. The van der Waals surface area contributed by atoms with Crippen molar-refractivity contribution in [2.24, 2.45) is 0 Å². The molecule has 1 heterocycles. The minimum Gasteiger partial charge on any atom is -0.511 e. The lowest BCUT2D eigenvalue weighted by molar-refractivity contribution is -0.126. The van der Waals surface area contributed by atoms with E-state index in [1.54, 1.807) is 20.8 Å². The van der Waals surface area contributed by atoms with E-state index in [0.29, 0.717) is 0 Å². The molecule has 7 nitrogen and oxygen atoms in total. The van der Waals surface area contributed by atoms with Crippen LogP contribution in [0.5, 0.6) is 5.75 Å². The van der Waals surface area contributed by atoms with E-state index in [4.69, 9.17) is 17.0 Å². The number of carbonyl (C=O) groups excluding carboxylic acids is 2. The Balaban J connectivity index is 2.27. The van der Waals surface area contributed by atoms with Crippen LogP contribution in [0.2, 0.25) is 0 Å². The molecule has 29 heavy (non-hydrogen) atoms. The van der Waals surface area contributed by atoms with Crippen molar-refractivity contribution < 1.29 is 37.3 Å². The number of nitrogens with zero attached hydrogens (tertiary/aromatic N) is 1. The summed E-state index contributed by atoms with van der Waals surface area (Å²) < 4.78 is 48.3. The Labute approximate surface area is 170 Å². The van der Waals surface area contributed by atoms with Crippen LogP contribution >= 0.6 is 12.2 Å². The van der Waals surface area contributed by atoms with Crippen LogP contribution in [0, 0.1) is 5.82 Å². The van der Waals surface area contributed by atoms with Crippen molar-refractivity contribution in [2.45, 2.75) is 39.4 Å². The molecule has 1 aliphatic rings. The van der Waals surface area contributed by atoms with Crippen molar-refractivity contribution in [1.82, 2.24) is 4.90 Å². The van der Waals surface area contributed by atoms with Crippen molar-refractivity contribution >= 4 is 34.9 Å². The number of amides is 2. The first-order chi connectivity index (χ1) is 13.4. The van der Waals surface area contributed by atoms with Crippen LogP contribution in [0.3, 0.4) is 0 Å². The van der Waals surface area contributed by atoms with E-state index in [1.807, 2.05) is 0 Å². The second kappa shape index (κ2) is 8.68. The number of ether oxygens (including phenoxy) is 2. The Morgan fingerprint density at radius 3 is 2.59 bits per heavy atom. The summed E-state index contributed by atoms with van der Waals surface area (Å²) in [6.07, 6.45) is -1.02. The first-order valence-electron chi connectivity index (χ1n) is 8.42. The van der Waals surface area contributed by atoms with Crippen molar-refractivity contribution in [3.05, 3.63) is 35.3 Å². The molecule has 0 atom stereocenters. The monoisotopic (exact) mass is 432 g/mol. The fourth-order valence-corrected chi connectivity index (χ4v) is 2.74. The van der Waals surface area contributed by atoms with E-state index in [2.05, 4.69) is 10.1 Å². The minimum absolute atomic E-state index is 0.0916. The molecule has 0 saturated heterocycles. The largest absolute Gasteiger partial charge is 0.511 e. The predicted octanol–water partition coefficient (Wildman–Crippen LogP) is 4.15. The molecule has 0 spiro atoms. The summed E-state index contributed by atoms with van der Waals surface area (Å²) >= 11 is 5.08. The second-order valence-corrected chi connectivity index (χ2v) is 7.37. The summed E-state index contributed by atoms with van der Waals surface area (Å²) in [6, 6.07) is 3.31. The standard InChI is InChI=1S/C18H19F3N2O5S/c1-18(2,3)28-17(26)23-8-7-11(24)12(15(23)25)14(29)22-10-6-4-5-9(19)13(10)27-16(20)21/h4-6,16,24H,7-8H2,1-3H3,(H,22,29). The average Bonchev–Trinajstić information content (AvgIpc) is 2.56. The Morgan fingerprint density at radius 2 is 2.00 bits per heavy atom. The van der Waals surface area contributed by atoms with Crippen molar-refractivity contribution in [1.29, 1.82) is 0 Å². The molecule has 158 valence electrons. The molecule has 0 unspecified atom stereocenters. The molecule has 2 N–H and O–H groups in total. The van der Waals surface area contributed by atoms with Crippen LogP contribution in [-0.2, 0) is 9.53 Å². The van der Waals surface area contributed by atoms with Crippen LogP contribution in [0.25, 0.3) is 0 Å². The Bertz CT molecular complexity index is 868. The van der Waals surface area contributed by atoms with Crippen molar-refractivity contribution in [3.63, 3.8) is 0 Å². The zero-order valence-corrected chi connectivity index (χ0v) is 16.6. The van der Waals surface area contributed by atoms with Gasteiger partial charge in [-0.3, -0.25) is 4.79 Å². The molecule has 0 radical (unpaired) electrons. The molecule has 2 amide bonds. The number of imide groups is 1. The van der Waals surface area contributed by atoms with Gasteiger partial charge in [0, 0.05) is 13.0 Å². The van der Waals surface area contributed by atoms with Crippen LogP contribution in [0.4, 0.5) is 23.7 Å². The molecule has 0 aromatic heterocycles. The maximum Gasteiger partial charge on any atom is 0.417 e. The van der Waals surface area contributed by atoms with E-state index in [-0.39, 0.29) is 18.7 Å². The normalized spacial score (nSPS) is 14.9. The number of aliphatic hydroxyl groups excluding tert-OH is 1. The number of thiocarbonyl (C=S) groups is 1. The van der Waals surface area contributed by atoms with Gasteiger partial charge in [-0.1, -0.05) is 18.3 Å². The summed E-state index contributed by atoms with van der Waals surface area (Å²) in [5, 5.41) is 12.5. The van der Waals surface area contributed by atoms with Gasteiger partial charge in [-0.15, -0.1) is 0 Å². The number of hydrogen-bond acceptors (Lipinski definition) is 6. The zero-order chi connectivity index (χ0) is 21.9. The van der Waals surface area contributed by atoms with E-state index in [9.17, 15) is 27.9 Å². The molecule has 0 bridgehead atoms. The maximum atomic E-state index is 13.8. The molecule has 1 aromatic rings. The number of alkyl halides is 2. The molecule has 2 rings (SSSR count). The smallest absolute Gasteiger partial charge is 0.417 e. The number of hydrogen-bond donors (Lipinski definition) is 2. The summed E-state index contributed by atoms with van der Waals surface area (Å²) in [4.78, 5) is 25.3. The lowest BCUT2D eigenvalue weighted by Crippen LogP contribution is -2.46. The predicted molar refractivity (Wildman–Crippen MR) is 101 cm³/mol. The van der Waals surface area contributed by atoms with Gasteiger partial charge < -0.3 is 19.9 Å². The number of anilines is 1. The number of benzene rings is 1. The van der Waals surface area contributed by atoms with Gasteiger partial charge in [0.2, 0.25) is 0 Å². The Kier molecular flexibility index (Phi) is 6.73. The van der Waals surface area contributed by atoms with Gasteiger partial charge in [-0.2, -0.15) is 8.78 Å². The highest BCUT2D eigenvalue weighted by Crippen LogP contribution is 2.31. The van der Waals surface area contributed by atoms with Gasteiger partial charge in [-0.25, -0.2) is 14.1 Å². The molecule has 0 fully saturated rings. The number of nitrogens with one attached hydrogen (secondary N) is 1. The maximum absolute atomic E-state index is 13.8. The van der Waals surface area contributed by atoms with Gasteiger partial charge in [0.15, 0.2) is 11.6 Å². The lowest BCUT2D eigenvalue weighted by atomic mass is 10.1. The van der Waals surface area contributed by atoms with Gasteiger partial charge >= 0.3 is 12.7 Å². The summed E-state index contributed by atoms with van der Waals surface area (Å²) in [5.74, 6) is -3.23. The third-order valence-electron chi connectivity index (χ3n) is 3.58. The number of para-hydroxylation sites is 1. The molecule has 0 saturated carbocycles. The third kappa shape index (κ3) is 5.59. The zero-order valence-electron chi connectivity index (χ0n) is 15.8. The van der Waals surface area contributed by atoms with Crippen molar-refractivity contribution in [2.75, 3.05) is 11.9 Å². The number of halogens is 3. The molecular weight excluding hydrogens is 413 g/mol. The number of rotatable bonds is 4. The van der Waals surface area contributed by atoms with E-state index in [0.717, 1.165) is 11.0 Å². The summed E-state index contributed by atoms with van der Waals surface area (Å²) in [7, 11) is 0. The molecule has 1 aromatic carbocycles. The highest BCUT2D eigenvalue weighted by atomic mass is 32.1. The highest BCUT2D eigenvalue weighted by molar-refractivity contribution is 7.81. The first kappa shape index (κ1) is 22.5. The van der Waals surface area contributed by atoms with Crippen LogP contribution in [0.15, 0.2) is 29.5 Å². The van der Waals surface area contributed by atoms with Gasteiger partial charge in [0.25, 0.3) is 5.91 Å².